The highest BCUT2D eigenvalue weighted by atomic mass is 15.0. The molecule has 0 aliphatic rings. The minimum absolute atomic E-state index is 0.839. The highest BCUT2D eigenvalue weighted by Gasteiger charge is 1.86. The second-order valence-corrected chi connectivity index (χ2v) is 3.02. The quantitative estimate of drug-likeness (QED) is 0.437. The van der Waals surface area contributed by atoms with Gasteiger partial charge in [-0.05, 0) is 33.5 Å². The SMILES string of the molecule is CCCN=C=NCCCN(C)C. The first kappa shape index (κ1) is 11.3. The van der Waals surface area contributed by atoms with E-state index >= 15 is 0 Å². The summed E-state index contributed by atoms with van der Waals surface area (Å²) in [6.07, 6.45) is 2.15. The van der Waals surface area contributed by atoms with Gasteiger partial charge in [0.25, 0.3) is 0 Å². The molecule has 0 N–H and O–H groups in total. The Bertz CT molecular complexity index is 146. The zero-order valence-electron chi connectivity index (χ0n) is 8.38. The molecule has 0 fully saturated rings. The Morgan fingerprint density at radius 3 is 2.42 bits per heavy atom. The third kappa shape index (κ3) is 9.34. The Hall–Kier alpha value is -0.660. The van der Waals surface area contributed by atoms with Crippen molar-refractivity contribution >= 4 is 6.01 Å². The van der Waals surface area contributed by atoms with Crippen molar-refractivity contribution in [3.8, 4) is 0 Å². The fraction of sp³-hybridized carbons (Fsp3) is 0.889. The predicted molar refractivity (Wildman–Crippen MR) is 53.1 cm³/mol. The van der Waals surface area contributed by atoms with Gasteiger partial charge in [-0.3, -0.25) is 0 Å². The third-order valence-corrected chi connectivity index (χ3v) is 1.35. The van der Waals surface area contributed by atoms with E-state index in [9.17, 15) is 0 Å². The van der Waals surface area contributed by atoms with Gasteiger partial charge in [0.15, 0.2) is 0 Å². The van der Waals surface area contributed by atoms with Gasteiger partial charge >= 0.3 is 0 Å². The summed E-state index contributed by atoms with van der Waals surface area (Å²) < 4.78 is 0. The van der Waals surface area contributed by atoms with Gasteiger partial charge in [-0.25, -0.2) is 9.98 Å². The van der Waals surface area contributed by atoms with Gasteiger partial charge < -0.3 is 4.90 Å². The molecule has 3 nitrogen and oxygen atoms in total. The molecule has 0 spiro atoms. The van der Waals surface area contributed by atoms with Crippen LogP contribution >= 0.6 is 0 Å². The molecule has 0 aliphatic carbocycles. The van der Waals surface area contributed by atoms with Crippen LogP contribution in [0.4, 0.5) is 0 Å². The topological polar surface area (TPSA) is 28.0 Å². The van der Waals surface area contributed by atoms with E-state index < -0.39 is 0 Å². The lowest BCUT2D eigenvalue weighted by atomic mass is 10.4. The van der Waals surface area contributed by atoms with Crippen molar-refractivity contribution < 1.29 is 0 Å². The lowest BCUT2D eigenvalue weighted by molar-refractivity contribution is 0.403. The Labute approximate surface area is 75.2 Å². The molecule has 0 heterocycles. The summed E-state index contributed by atoms with van der Waals surface area (Å²) in [5, 5.41) is 0. The van der Waals surface area contributed by atoms with E-state index in [4.69, 9.17) is 0 Å². The molecule has 0 saturated heterocycles. The van der Waals surface area contributed by atoms with Crippen LogP contribution in [0.15, 0.2) is 9.98 Å². The van der Waals surface area contributed by atoms with Gasteiger partial charge in [-0.15, -0.1) is 0 Å². The Kier molecular flexibility index (Phi) is 7.97. The Balaban J connectivity index is 3.23. The van der Waals surface area contributed by atoms with E-state index in [0.717, 1.165) is 32.5 Å². The fourth-order valence-corrected chi connectivity index (χ4v) is 0.728. The highest BCUT2D eigenvalue weighted by molar-refractivity contribution is 5.40. The van der Waals surface area contributed by atoms with E-state index in [0.29, 0.717) is 0 Å². The number of hydrogen-bond donors (Lipinski definition) is 0. The summed E-state index contributed by atoms with van der Waals surface area (Å²) in [6.45, 7) is 4.86. The molecule has 0 saturated carbocycles. The number of hydrogen-bond acceptors (Lipinski definition) is 3. The monoisotopic (exact) mass is 169 g/mol. The molecule has 0 radical (unpaired) electrons. The van der Waals surface area contributed by atoms with E-state index in [1.807, 2.05) is 0 Å². The van der Waals surface area contributed by atoms with Crippen LogP contribution < -0.4 is 0 Å². The summed E-state index contributed by atoms with van der Waals surface area (Å²) in [4.78, 5) is 10.2. The predicted octanol–water partition coefficient (Wildman–Crippen LogP) is 1.52. The van der Waals surface area contributed by atoms with Crippen LogP contribution in [0.25, 0.3) is 0 Å². The highest BCUT2D eigenvalue weighted by Crippen LogP contribution is 1.83. The zero-order valence-corrected chi connectivity index (χ0v) is 8.38. The maximum absolute atomic E-state index is 4.04. The normalized spacial score (nSPS) is 9.67. The van der Waals surface area contributed by atoms with E-state index in [1.165, 1.54) is 0 Å². The van der Waals surface area contributed by atoms with Crippen molar-refractivity contribution in [1.29, 1.82) is 0 Å². The Morgan fingerprint density at radius 1 is 1.17 bits per heavy atom. The van der Waals surface area contributed by atoms with E-state index in [-0.39, 0.29) is 0 Å². The van der Waals surface area contributed by atoms with Crippen LogP contribution in [0.2, 0.25) is 0 Å². The second-order valence-electron chi connectivity index (χ2n) is 3.02. The molecule has 70 valence electrons. The van der Waals surface area contributed by atoms with Crippen molar-refractivity contribution in [2.24, 2.45) is 9.98 Å². The van der Waals surface area contributed by atoms with Crippen molar-refractivity contribution in [2.75, 3.05) is 33.7 Å². The summed E-state index contributed by atoms with van der Waals surface area (Å²) >= 11 is 0. The molecule has 3 heteroatoms. The average molecular weight is 169 g/mol. The zero-order chi connectivity index (χ0) is 9.23. The van der Waals surface area contributed by atoms with Gasteiger partial charge in [0, 0.05) is 6.54 Å². The first-order valence-electron chi connectivity index (χ1n) is 4.50. The van der Waals surface area contributed by atoms with Crippen LogP contribution in [0, 0.1) is 0 Å². The van der Waals surface area contributed by atoms with Crippen LogP contribution in [0.5, 0.6) is 0 Å². The summed E-state index contributed by atoms with van der Waals surface area (Å²) in [5.41, 5.74) is 0. The molecular weight excluding hydrogens is 150 g/mol. The van der Waals surface area contributed by atoms with Crippen LogP contribution in [0.1, 0.15) is 19.8 Å². The van der Waals surface area contributed by atoms with Gasteiger partial charge in [-0.2, -0.15) is 0 Å². The third-order valence-electron chi connectivity index (χ3n) is 1.35. The van der Waals surface area contributed by atoms with Gasteiger partial charge in [0.1, 0.15) is 0 Å². The maximum atomic E-state index is 4.04. The lowest BCUT2D eigenvalue weighted by Gasteiger charge is -2.05. The molecule has 0 atom stereocenters. The van der Waals surface area contributed by atoms with Crippen molar-refractivity contribution in [3.63, 3.8) is 0 Å². The Morgan fingerprint density at radius 2 is 1.83 bits per heavy atom. The standard InChI is InChI=1S/C9H19N3/c1-4-6-10-9-11-7-5-8-12(2)3/h4-8H2,1-3H3. The van der Waals surface area contributed by atoms with Gasteiger partial charge in [0.2, 0.25) is 0 Å². The van der Waals surface area contributed by atoms with Crippen LogP contribution in [0.3, 0.4) is 0 Å². The largest absolute Gasteiger partial charge is 0.309 e. The first-order chi connectivity index (χ1) is 5.77. The van der Waals surface area contributed by atoms with Crippen molar-refractivity contribution in [3.05, 3.63) is 0 Å². The minimum atomic E-state index is 0.839. The van der Waals surface area contributed by atoms with Crippen molar-refractivity contribution in [1.82, 2.24) is 4.90 Å². The molecule has 0 bridgehead atoms. The average Bonchev–Trinajstić information content (AvgIpc) is 2.02. The summed E-state index contributed by atoms with van der Waals surface area (Å²) in [5.74, 6) is 0. The summed E-state index contributed by atoms with van der Waals surface area (Å²) in [7, 11) is 4.13. The fourth-order valence-electron chi connectivity index (χ4n) is 0.728. The molecule has 0 rings (SSSR count). The van der Waals surface area contributed by atoms with Crippen molar-refractivity contribution in [2.45, 2.75) is 19.8 Å². The number of nitrogens with zero attached hydrogens (tertiary/aromatic N) is 3. The molecular formula is C9H19N3. The number of aliphatic imine (C=N–C) groups is 2. The second kappa shape index (κ2) is 8.44. The molecule has 0 aromatic heterocycles. The molecule has 12 heavy (non-hydrogen) atoms. The lowest BCUT2D eigenvalue weighted by Crippen LogP contribution is -2.13. The molecule has 0 aromatic rings. The van der Waals surface area contributed by atoms with Gasteiger partial charge in [-0.1, -0.05) is 6.92 Å². The first-order valence-corrected chi connectivity index (χ1v) is 4.50. The molecule has 0 amide bonds. The van der Waals surface area contributed by atoms with Gasteiger partial charge in [0.05, 0.1) is 12.6 Å². The smallest absolute Gasteiger partial charge is 0.0892 e. The van der Waals surface area contributed by atoms with Crippen LogP contribution in [-0.2, 0) is 0 Å². The molecule has 0 aromatic carbocycles. The molecule has 0 unspecified atom stereocenters. The van der Waals surface area contributed by atoms with Crippen LogP contribution in [-0.4, -0.2) is 44.6 Å². The van der Waals surface area contributed by atoms with E-state index in [1.54, 1.807) is 0 Å². The number of rotatable bonds is 6. The van der Waals surface area contributed by atoms with E-state index in [2.05, 4.69) is 41.9 Å². The summed E-state index contributed by atoms with van der Waals surface area (Å²) in [6, 6.07) is 2.69. The minimum Gasteiger partial charge on any atom is -0.309 e. The maximum Gasteiger partial charge on any atom is 0.0892 e. The molecule has 0 aliphatic heterocycles.